The summed E-state index contributed by atoms with van der Waals surface area (Å²) in [5.74, 6) is 0.906. The van der Waals surface area contributed by atoms with Crippen molar-refractivity contribution >= 4 is 16.9 Å². The molecule has 0 radical (unpaired) electrons. The van der Waals surface area contributed by atoms with Gasteiger partial charge in [-0.25, -0.2) is 19.0 Å². The number of halogens is 1. The molecular formula is C12H17FN6. The maximum Gasteiger partial charge on any atom is 0.163 e. The van der Waals surface area contributed by atoms with E-state index in [4.69, 9.17) is 0 Å². The van der Waals surface area contributed by atoms with Crippen LogP contribution >= 0.6 is 0 Å². The van der Waals surface area contributed by atoms with Gasteiger partial charge in [0.25, 0.3) is 0 Å². The van der Waals surface area contributed by atoms with Gasteiger partial charge in [0.15, 0.2) is 5.65 Å². The molecule has 2 aromatic rings. The van der Waals surface area contributed by atoms with Crippen LogP contribution in [-0.2, 0) is 6.54 Å². The zero-order valence-corrected chi connectivity index (χ0v) is 11.0. The number of rotatable bonds is 3. The number of nitrogens with zero attached hydrogens (tertiary/aromatic N) is 6. The molecule has 0 unspecified atom stereocenters. The third-order valence-electron chi connectivity index (χ3n) is 3.51. The van der Waals surface area contributed by atoms with Gasteiger partial charge in [-0.3, -0.25) is 0 Å². The van der Waals surface area contributed by atoms with E-state index in [-0.39, 0.29) is 6.54 Å². The normalized spacial score (nSPS) is 17.3. The van der Waals surface area contributed by atoms with Crippen molar-refractivity contribution in [1.29, 1.82) is 0 Å². The van der Waals surface area contributed by atoms with Crippen LogP contribution in [0.2, 0.25) is 0 Å². The van der Waals surface area contributed by atoms with E-state index in [2.05, 4.69) is 31.9 Å². The Morgan fingerprint density at radius 2 is 2.00 bits per heavy atom. The highest BCUT2D eigenvalue weighted by Gasteiger charge is 2.19. The molecule has 0 aliphatic carbocycles. The maximum absolute atomic E-state index is 12.5. The van der Waals surface area contributed by atoms with Gasteiger partial charge in [0.2, 0.25) is 0 Å². The van der Waals surface area contributed by atoms with Crippen LogP contribution in [0.25, 0.3) is 11.0 Å². The average Bonchev–Trinajstić information content (AvgIpc) is 2.84. The van der Waals surface area contributed by atoms with Crippen molar-refractivity contribution in [2.24, 2.45) is 0 Å². The molecule has 3 heterocycles. The van der Waals surface area contributed by atoms with E-state index in [1.165, 1.54) is 6.33 Å². The second kappa shape index (κ2) is 5.08. The first-order valence-corrected chi connectivity index (χ1v) is 6.45. The van der Waals surface area contributed by atoms with Gasteiger partial charge in [-0.2, -0.15) is 5.10 Å². The summed E-state index contributed by atoms with van der Waals surface area (Å²) in [6, 6.07) is 0. The van der Waals surface area contributed by atoms with Gasteiger partial charge < -0.3 is 9.80 Å². The van der Waals surface area contributed by atoms with Crippen LogP contribution < -0.4 is 4.90 Å². The zero-order valence-electron chi connectivity index (χ0n) is 11.0. The molecule has 1 aliphatic heterocycles. The number of fused-ring (bicyclic) bond motifs is 1. The fourth-order valence-corrected chi connectivity index (χ4v) is 2.39. The number of anilines is 1. The summed E-state index contributed by atoms with van der Waals surface area (Å²) < 4.78 is 14.1. The Morgan fingerprint density at radius 1 is 1.21 bits per heavy atom. The SMILES string of the molecule is CN1CCN(c2ncnc3c2cnn3CCF)CC1. The number of piperazine rings is 1. The van der Waals surface area contributed by atoms with Gasteiger partial charge in [-0.15, -0.1) is 0 Å². The predicted molar refractivity (Wildman–Crippen MR) is 71.0 cm³/mol. The van der Waals surface area contributed by atoms with E-state index < -0.39 is 6.67 Å². The Balaban J connectivity index is 1.95. The highest BCUT2D eigenvalue weighted by Crippen LogP contribution is 2.23. The number of likely N-dealkylation sites (N-methyl/N-ethyl adjacent to an activating group) is 1. The molecule has 0 saturated carbocycles. The minimum atomic E-state index is -0.440. The first-order chi connectivity index (χ1) is 9.29. The second-order valence-corrected chi connectivity index (χ2v) is 4.78. The van der Waals surface area contributed by atoms with Gasteiger partial charge in [-0.1, -0.05) is 0 Å². The fraction of sp³-hybridized carbons (Fsp3) is 0.583. The molecule has 3 rings (SSSR count). The first-order valence-electron chi connectivity index (χ1n) is 6.45. The molecule has 0 aromatic carbocycles. The molecule has 0 N–H and O–H groups in total. The molecule has 19 heavy (non-hydrogen) atoms. The largest absolute Gasteiger partial charge is 0.353 e. The Bertz CT molecular complexity index is 560. The lowest BCUT2D eigenvalue weighted by atomic mass is 10.3. The maximum atomic E-state index is 12.5. The first kappa shape index (κ1) is 12.3. The Kier molecular flexibility index (Phi) is 3.29. The topological polar surface area (TPSA) is 50.1 Å². The van der Waals surface area contributed by atoms with Crippen molar-refractivity contribution < 1.29 is 4.39 Å². The quantitative estimate of drug-likeness (QED) is 0.810. The summed E-state index contributed by atoms with van der Waals surface area (Å²) in [5.41, 5.74) is 0.710. The molecule has 7 heteroatoms. The lowest BCUT2D eigenvalue weighted by molar-refractivity contribution is 0.312. The van der Waals surface area contributed by atoms with Crippen LogP contribution in [0.1, 0.15) is 0 Å². The molecule has 0 atom stereocenters. The highest BCUT2D eigenvalue weighted by molar-refractivity contribution is 5.86. The minimum Gasteiger partial charge on any atom is -0.353 e. The van der Waals surface area contributed by atoms with Crippen molar-refractivity contribution in [2.45, 2.75) is 6.54 Å². The van der Waals surface area contributed by atoms with Gasteiger partial charge in [-0.05, 0) is 7.05 Å². The third-order valence-corrected chi connectivity index (χ3v) is 3.51. The van der Waals surface area contributed by atoms with Crippen LogP contribution in [0, 0.1) is 0 Å². The van der Waals surface area contributed by atoms with Crippen molar-refractivity contribution in [3.8, 4) is 0 Å². The minimum absolute atomic E-state index is 0.239. The molecule has 0 bridgehead atoms. The van der Waals surface area contributed by atoms with E-state index in [0.29, 0.717) is 5.65 Å². The number of alkyl halides is 1. The zero-order chi connectivity index (χ0) is 13.2. The lowest BCUT2D eigenvalue weighted by Crippen LogP contribution is -2.44. The molecule has 1 saturated heterocycles. The van der Waals surface area contributed by atoms with Gasteiger partial charge in [0, 0.05) is 26.2 Å². The van der Waals surface area contributed by atoms with Crippen LogP contribution in [0.3, 0.4) is 0 Å². The summed E-state index contributed by atoms with van der Waals surface area (Å²) in [6.45, 7) is 3.72. The summed E-state index contributed by atoms with van der Waals surface area (Å²) in [7, 11) is 2.12. The standard InChI is InChI=1S/C12H17FN6/c1-17-4-6-18(7-5-17)11-10-8-16-19(3-2-13)12(10)15-9-14-11/h8-9H,2-7H2,1H3. The Hall–Kier alpha value is -1.76. The monoisotopic (exact) mass is 264 g/mol. The van der Waals surface area contributed by atoms with E-state index in [1.807, 2.05) is 0 Å². The smallest absolute Gasteiger partial charge is 0.163 e. The molecule has 1 aliphatic rings. The Morgan fingerprint density at radius 3 is 2.74 bits per heavy atom. The van der Waals surface area contributed by atoms with Crippen molar-refractivity contribution in [2.75, 3.05) is 44.8 Å². The molecule has 0 amide bonds. The predicted octanol–water partition coefficient (Wildman–Crippen LogP) is 0.548. The second-order valence-electron chi connectivity index (χ2n) is 4.78. The van der Waals surface area contributed by atoms with Gasteiger partial charge >= 0.3 is 0 Å². The summed E-state index contributed by atoms with van der Waals surface area (Å²) in [5, 5.41) is 5.10. The Labute approximate surface area is 110 Å². The average molecular weight is 264 g/mol. The fourth-order valence-electron chi connectivity index (χ4n) is 2.39. The molecule has 6 nitrogen and oxygen atoms in total. The summed E-state index contributed by atoms with van der Waals surface area (Å²) in [4.78, 5) is 13.1. The van der Waals surface area contributed by atoms with Crippen LogP contribution in [0.15, 0.2) is 12.5 Å². The van der Waals surface area contributed by atoms with Crippen molar-refractivity contribution in [3.05, 3.63) is 12.5 Å². The summed E-state index contributed by atoms with van der Waals surface area (Å²) in [6.07, 6.45) is 3.27. The lowest BCUT2D eigenvalue weighted by Gasteiger charge is -2.33. The number of hydrogen-bond acceptors (Lipinski definition) is 5. The molecular weight excluding hydrogens is 247 g/mol. The van der Waals surface area contributed by atoms with Crippen LogP contribution in [0.4, 0.5) is 10.2 Å². The van der Waals surface area contributed by atoms with Crippen LogP contribution in [0.5, 0.6) is 0 Å². The molecule has 0 spiro atoms. The van der Waals surface area contributed by atoms with E-state index in [0.717, 1.165) is 37.4 Å². The van der Waals surface area contributed by atoms with Gasteiger partial charge in [0.05, 0.1) is 18.1 Å². The number of aryl methyl sites for hydroxylation is 1. The van der Waals surface area contributed by atoms with E-state index in [1.54, 1.807) is 10.9 Å². The van der Waals surface area contributed by atoms with Gasteiger partial charge in [0.1, 0.15) is 18.8 Å². The van der Waals surface area contributed by atoms with Crippen molar-refractivity contribution in [1.82, 2.24) is 24.6 Å². The molecule has 1 fully saturated rings. The number of hydrogen-bond donors (Lipinski definition) is 0. The van der Waals surface area contributed by atoms with E-state index in [9.17, 15) is 4.39 Å². The highest BCUT2D eigenvalue weighted by atomic mass is 19.1. The van der Waals surface area contributed by atoms with Crippen LogP contribution in [-0.4, -0.2) is 64.5 Å². The summed E-state index contributed by atoms with van der Waals surface area (Å²) >= 11 is 0. The molecule has 102 valence electrons. The third kappa shape index (κ3) is 2.25. The molecule has 2 aromatic heterocycles. The van der Waals surface area contributed by atoms with E-state index >= 15 is 0 Å². The van der Waals surface area contributed by atoms with Crippen molar-refractivity contribution in [3.63, 3.8) is 0 Å². The number of aromatic nitrogens is 4.